The number of carbonyl (C=O) groups is 1. The third-order valence-corrected chi connectivity index (χ3v) is 8.26. The lowest BCUT2D eigenvalue weighted by Crippen LogP contribution is -2.50. The van der Waals surface area contributed by atoms with E-state index in [0.29, 0.717) is 31.7 Å². The van der Waals surface area contributed by atoms with Gasteiger partial charge in [0.1, 0.15) is 10.8 Å². The van der Waals surface area contributed by atoms with E-state index >= 15 is 0 Å². The third-order valence-electron chi connectivity index (χ3n) is 7.90. The van der Waals surface area contributed by atoms with E-state index < -0.39 is 24.2 Å². The highest BCUT2D eigenvalue weighted by molar-refractivity contribution is 6.36. The Morgan fingerprint density at radius 2 is 1.39 bits per heavy atom. The van der Waals surface area contributed by atoms with Crippen molar-refractivity contribution < 1.29 is 18.0 Å². The summed E-state index contributed by atoms with van der Waals surface area (Å²) in [5.41, 5.74) is 2.86. The Morgan fingerprint density at radius 3 is 1.93 bits per heavy atom. The van der Waals surface area contributed by atoms with Gasteiger partial charge in [-0.2, -0.15) is 18.3 Å². The van der Waals surface area contributed by atoms with Gasteiger partial charge in [-0.15, -0.1) is 0 Å². The van der Waals surface area contributed by atoms with Gasteiger partial charge in [-0.1, -0.05) is 103 Å². The van der Waals surface area contributed by atoms with Gasteiger partial charge >= 0.3 is 6.18 Å². The molecule has 3 heterocycles. The van der Waals surface area contributed by atoms with Gasteiger partial charge in [-0.05, 0) is 16.7 Å². The van der Waals surface area contributed by atoms with Crippen LogP contribution in [0, 0.1) is 0 Å². The number of fused-ring (bicyclic) bond motifs is 1. The van der Waals surface area contributed by atoms with Crippen LogP contribution in [-0.2, 0) is 0 Å². The van der Waals surface area contributed by atoms with Crippen LogP contribution in [-0.4, -0.2) is 57.8 Å². The summed E-state index contributed by atoms with van der Waals surface area (Å²) in [6.45, 7) is 1.97. The number of hydrogen-bond donors (Lipinski definition) is 1. The Labute approximate surface area is 241 Å². The summed E-state index contributed by atoms with van der Waals surface area (Å²) < 4.78 is 43.4. The number of amides is 1. The second kappa shape index (κ2) is 11.2. The van der Waals surface area contributed by atoms with E-state index in [1.807, 2.05) is 42.5 Å². The first-order chi connectivity index (χ1) is 19.8. The van der Waals surface area contributed by atoms with Gasteiger partial charge < -0.3 is 10.2 Å². The van der Waals surface area contributed by atoms with Gasteiger partial charge in [-0.25, -0.2) is 4.68 Å². The minimum Gasteiger partial charge on any atom is -0.362 e. The molecule has 1 amide bonds. The second-order valence-corrected chi connectivity index (χ2v) is 10.8. The van der Waals surface area contributed by atoms with Crippen molar-refractivity contribution in [3.63, 3.8) is 0 Å². The molecule has 1 aromatic heterocycles. The molecule has 2 unspecified atom stereocenters. The highest BCUT2D eigenvalue weighted by Gasteiger charge is 2.48. The zero-order valence-electron chi connectivity index (χ0n) is 22.1. The van der Waals surface area contributed by atoms with Crippen molar-refractivity contribution in [1.29, 1.82) is 0 Å². The lowest BCUT2D eigenvalue weighted by Gasteiger charge is -2.39. The number of aromatic nitrogens is 2. The van der Waals surface area contributed by atoms with E-state index in [9.17, 15) is 18.0 Å². The molecular formula is C31H29ClF3N5O. The van der Waals surface area contributed by atoms with Crippen LogP contribution in [0.2, 0.25) is 5.02 Å². The summed E-state index contributed by atoms with van der Waals surface area (Å²) in [7, 11) is 0. The van der Waals surface area contributed by atoms with E-state index in [1.165, 1.54) is 0 Å². The van der Waals surface area contributed by atoms with Gasteiger partial charge in [0.25, 0.3) is 5.91 Å². The van der Waals surface area contributed by atoms with Gasteiger partial charge in [0, 0.05) is 32.6 Å². The standard InChI is InChI=1S/C31H29ClF3N5O/c32-26-27(37-40-25(31(33,34)35)20-24(36-29(26)40)21-10-4-1-5-11-21)30(41)39-18-16-38(17-19-39)28(22-12-6-2-7-13-22)23-14-8-3-9-15-23/h1-15,24-25,28,36H,16-20H2. The van der Waals surface area contributed by atoms with Crippen LogP contribution in [0.1, 0.15) is 51.7 Å². The molecule has 4 aromatic rings. The predicted molar refractivity (Wildman–Crippen MR) is 152 cm³/mol. The highest BCUT2D eigenvalue weighted by atomic mass is 35.5. The van der Waals surface area contributed by atoms with Crippen LogP contribution in [0.15, 0.2) is 91.0 Å². The predicted octanol–water partition coefficient (Wildman–Crippen LogP) is 6.74. The Kier molecular flexibility index (Phi) is 7.48. The molecule has 2 atom stereocenters. The number of carbonyl (C=O) groups excluding carboxylic acids is 1. The summed E-state index contributed by atoms with van der Waals surface area (Å²) in [6.07, 6.45) is -4.82. The molecular weight excluding hydrogens is 551 g/mol. The fourth-order valence-electron chi connectivity index (χ4n) is 5.85. The molecule has 3 aromatic carbocycles. The topological polar surface area (TPSA) is 53.4 Å². The molecule has 10 heteroatoms. The number of rotatable bonds is 5. The van der Waals surface area contributed by atoms with E-state index in [2.05, 4.69) is 39.6 Å². The highest BCUT2D eigenvalue weighted by Crippen LogP contribution is 2.46. The van der Waals surface area contributed by atoms with Crippen molar-refractivity contribution in [2.24, 2.45) is 0 Å². The molecule has 1 fully saturated rings. The van der Waals surface area contributed by atoms with Crippen LogP contribution in [0.25, 0.3) is 0 Å². The first-order valence-corrected chi connectivity index (χ1v) is 14.0. The van der Waals surface area contributed by atoms with Crippen LogP contribution >= 0.6 is 11.6 Å². The Morgan fingerprint density at radius 1 is 0.854 bits per heavy atom. The molecule has 41 heavy (non-hydrogen) atoms. The maximum Gasteiger partial charge on any atom is 0.410 e. The van der Waals surface area contributed by atoms with Gasteiger partial charge in [0.05, 0.1) is 12.1 Å². The molecule has 6 nitrogen and oxygen atoms in total. The first kappa shape index (κ1) is 27.4. The number of anilines is 1. The van der Waals surface area contributed by atoms with Crippen LogP contribution in [0.4, 0.5) is 19.0 Å². The molecule has 2 aliphatic rings. The van der Waals surface area contributed by atoms with Crippen molar-refractivity contribution in [2.45, 2.75) is 30.7 Å². The average Bonchev–Trinajstić information content (AvgIpc) is 3.34. The molecule has 0 aliphatic carbocycles. The van der Waals surface area contributed by atoms with E-state index in [-0.39, 0.29) is 29.0 Å². The van der Waals surface area contributed by atoms with Crippen molar-refractivity contribution in [3.8, 4) is 0 Å². The molecule has 1 saturated heterocycles. The molecule has 0 spiro atoms. The summed E-state index contributed by atoms with van der Waals surface area (Å²) >= 11 is 6.59. The van der Waals surface area contributed by atoms with E-state index in [0.717, 1.165) is 15.8 Å². The van der Waals surface area contributed by atoms with Crippen LogP contribution in [0.3, 0.4) is 0 Å². The second-order valence-electron chi connectivity index (χ2n) is 10.4. The van der Waals surface area contributed by atoms with Crippen LogP contribution < -0.4 is 5.32 Å². The fourth-order valence-corrected chi connectivity index (χ4v) is 6.11. The molecule has 0 bridgehead atoms. The van der Waals surface area contributed by atoms with Gasteiger partial charge in [0.15, 0.2) is 11.7 Å². The Balaban J connectivity index is 1.23. The maximum absolute atomic E-state index is 14.2. The van der Waals surface area contributed by atoms with Crippen molar-refractivity contribution in [3.05, 3.63) is 118 Å². The largest absolute Gasteiger partial charge is 0.410 e. The van der Waals surface area contributed by atoms with Crippen molar-refractivity contribution in [2.75, 3.05) is 31.5 Å². The molecule has 2 aliphatic heterocycles. The lowest BCUT2D eigenvalue weighted by atomic mass is 9.96. The summed E-state index contributed by atoms with van der Waals surface area (Å²) in [6, 6.07) is 26.8. The summed E-state index contributed by atoms with van der Waals surface area (Å²) in [5.74, 6) is -0.448. The third kappa shape index (κ3) is 5.44. The number of benzene rings is 3. The number of halogens is 4. The maximum atomic E-state index is 14.2. The van der Waals surface area contributed by atoms with Crippen LogP contribution in [0.5, 0.6) is 0 Å². The lowest BCUT2D eigenvalue weighted by molar-refractivity contribution is -0.173. The van der Waals surface area contributed by atoms with E-state index in [1.54, 1.807) is 29.2 Å². The number of nitrogens with one attached hydrogen (secondary N) is 1. The van der Waals surface area contributed by atoms with Gasteiger partial charge in [0.2, 0.25) is 0 Å². The minimum absolute atomic E-state index is 0.0179. The minimum atomic E-state index is -4.56. The molecule has 212 valence electrons. The van der Waals surface area contributed by atoms with Gasteiger partial charge in [-0.3, -0.25) is 9.69 Å². The Bertz CT molecular complexity index is 1450. The number of nitrogens with zero attached hydrogens (tertiary/aromatic N) is 4. The molecule has 0 saturated carbocycles. The smallest absolute Gasteiger partial charge is 0.362 e. The Hall–Kier alpha value is -3.82. The molecule has 0 radical (unpaired) electrons. The average molecular weight is 580 g/mol. The molecule has 1 N–H and O–H groups in total. The van der Waals surface area contributed by atoms with Crippen molar-refractivity contribution >= 4 is 23.3 Å². The van der Waals surface area contributed by atoms with E-state index in [4.69, 9.17) is 11.6 Å². The zero-order chi connectivity index (χ0) is 28.6. The fraction of sp³-hybridized carbons (Fsp3) is 0.290. The number of piperazine rings is 1. The quantitative estimate of drug-likeness (QED) is 0.284. The number of hydrogen-bond acceptors (Lipinski definition) is 4. The first-order valence-electron chi connectivity index (χ1n) is 13.6. The summed E-state index contributed by atoms with van der Waals surface area (Å²) in [4.78, 5) is 17.5. The van der Waals surface area contributed by atoms with Crippen molar-refractivity contribution in [1.82, 2.24) is 19.6 Å². The summed E-state index contributed by atoms with van der Waals surface area (Å²) in [5, 5.41) is 7.17. The monoisotopic (exact) mass is 579 g/mol. The number of alkyl halides is 3. The normalized spacial score (nSPS) is 19.6. The zero-order valence-corrected chi connectivity index (χ0v) is 22.9. The SMILES string of the molecule is O=C(c1nn2c(c1Cl)NC(c1ccccc1)CC2C(F)(F)F)N1CCN(C(c2ccccc2)c2ccccc2)CC1. The molecule has 6 rings (SSSR count).